The number of nitrogens with two attached hydrogens (primary N) is 1. The predicted octanol–water partition coefficient (Wildman–Crippen LogP) is -0.0628. The number of aromatic nitrogens is 1. The molecule has 106 valence electrons. The summed E-state index contributed by atoms with van der Waals surface area (Å²) in [6, 6.07) is 2.35. The number of rotatable bonds is 3. The molecule has 0 unspecified atom stereocenters. The fourth-order valence-electron chi connectivity index (χ4n) is 1.90. The highest BCUT2D eigenvalue weighted by molar-refractivity contribution is 5.82. The fraction of sp³-hybridized carbons (Fsp3) is 0.538. The van der Waals surface area contributed by atoms with Crippen molar-refractivity contribution in [2.24, 2.45) is 5.73 Å². The highest BCUT2D eigenvalue weighted by Crippen LogP contribution is 2.16. The quantitative estimate of drug-likeness (QED) is 0.800. The van der Waals surface area contributed by atoms with Gasteiger partial charge in [-0.05, 0) is 17.7 Å². The average molecular weight is 267 g/mol. The first-order chi connectivity index (χ1) is 8.70. The van der Waals surface area contributed by atoms with E-state index in [2.05, 4.69) is 4.98 Å². The Balaban J connectivity index is 0.00000180. The third-order valence-electron chi connectivity index (χ3n) is 3.00. The molecule has 0 aliphatic carbocycles. The van der Waals surface area contributed by atoms with E-state index in [1.807, 2.05) is 0 Å². The number of hydrogen-bond donors (Lipinski definition) is 2. The molecule has 3 N–H and O–H groups in total. The summed E-state index contributed by atoms with van der Waals surface area (Å²) in [5.41, 5.74) is 6.42. The summed E-state index contributed by atoms with van der Waals surface area (Å²) in [5, 5.41) is 10.1. The highest BCUT2D eigenvalue weighted by atomic mass is 16.5. The minimum absolute atomic E-state index is 0. The molecule has 0 bridgehead atoms. The van der Waals surface area contributed by atoms with E-state index in [-0.39, 0.29) is 13.3 Å². The molecule has 2 heterocycles. The van der Waals surface area contributed by atoms with Crippen LogP contribution in [0.4, 0.5) is 0 Å². The molecule has 0 aromatic carbocycles. The van der Waals surface area contributed by atoms with Gasteiger partial charge in [0.05, 0.1) is 13.2 Å². The van der Waals surface area contributed by atoms with Crippen LogP contribution in [-0.4, -0.2) is 53.2 Å². The Hall–Kier alpha value is -1.50. The number of amides is 1. The lowest BCUT2D eigenvalue weighted by molar-refractivity contribution is -0.139. The maximum Gasteiger partial charge on any atom is 0.242 e. The molecule has 1 fully saturated rings. The van der Waals surface area contributed by atoms with Gasteiger partial charge in [-0.3, -0.25) is 9.78 Å². The van der Waals surface area contributed by atoms with E-state index in [0.29, 0.717) is 31.9 Å². The average Bonchev–Trinajstić information content (AvgIpc) is 2.47. The van der Waals surface area contributed by atoms with Gasteiger partial charge in [-0.25, -0.2) is 0 Å². The SMILES string of the molecule is C.N[C@@H](C(=O)N1CCOCC1)[C@@H](O)c1ccncc1. The van der Waals surface area contributed by atoms with Gasteiger partial charge in [0.2, 0.25) is 5.91 Å². The van der Waals surface area contributed by atoms with Crippen LogP contribution in [0, 0.1) is 0 Å². The van der Waals surface area contributed by atoms with E-state index >= 15 is 0 Å². The Labute approximate surface area is 113 Å². The van der Waals surface area contributed by atoms with Crippen LogP contribution in [0.2, 0.25) is 0 Å². The monoisotopic (exact) mass is 267 g/mol. The molecule has 0 radical (unpaired) electrons. The Bertz CT molecular complexity index is 393. The molecule has 0 spiro atoms. The summed E-state index contributed by atoms with van der Waals surface area (Å²) in [7, 11) is 0. The van der Waals surface area contributed by atoms with Crippen molar-refractivity contribution in [3.63, 3.8) is 0 Å². The lowest BCUT2D eigenvalue weighted by Crippen LogP contribution is -2.50. The molecule has 1 aromatic heterocycles. The molecule has 0 saturated carbocycles. The molecule has 6 heteroatoms. The van der Waals surface area contributed by atoms with Crippen molar-refractivity contribution in [2.45, 2.75) is 19.6 Å². The first kappa shape index (κ1) is 15.6. The van der Waals surface area contributed by atoms with Crippen molar-refractivity contribution in [3.8, 4) is 0 Å². The lowest BCUT2D eigenvalue weighted by atomic mass is 10.0. The van der Waals surface area contributed by atoms with Crippen molar-refractivity contribution in [1.82, 2.24) is 9.88 Å². The van der Waals surface area contributed by atoms with Gasteiger partial charge in [0, 0.05) is 25.5 Å². The van der Waals surface area contributed by atoms with E-state index in [1.165, 1.54) is 0 Å². The van der Waals surface area contributed by atoms with E-state index in [1.54, 1.807) is 29.4 Å². The van der Waals surface area contributed by atoms with Crippen LogP contribution in [-0.2, 0) is 9.53 Å². The second-order valence-corrected chi connectivity index (χ2v) is 4.19. The highest BCUT2D eigenvalue weighted by Gasteiger charge is 2.29. The minimum atomic E-state index is -1.01. The number of aliphatic hydroxyl groups is 1. The van der Waals surface area contributed by atoms with Gasteiger partial charge in [-0.15, -0.1) is 0 Å². The standard InChI is InChI=1S/C12H17N3O3.CH4/c13-10(11(16)9-1-3-14-4-2-9)12(17)15-5-7-18-8-6-15;/h1-4,10-11,16H,5-8,13H2;1H4/t10-,11+;/m1./s1. The third kappa shape index (κ3) is 3.73. The molecular formula is C13H21N3O3. The molecule has 1 aromatic rings. The normalized spacial score (nSPS) is 18.3. The van der Waals surface area contributed by atoms with Crippen LogP contribution in [0.15, 0.2) is 24.5 Å². The van der Waals surface area contributed by atoms with E-state index in [9.17, 15) is 9.90 Å². The van der Waals surface area contributed by atoms with Crippen molar-refractivity contribution in [1.29, 1.82) is 0 Å². The van der Waals surface area contributed by atoms with Crippen LogP contribution < -0.4 is 5.73 Å². The lowest BCUT2D eigenvalue weighted by Gasteiger charge is -2.30. The number of ether oxygens (including phenoxy) is 1. The number of carbonyl (C=O) groups excluding carboxylic acids is 1. The summed E-state index contributed by atoms with van der Waals surface area (Å²) in [6.07, 6.45) is 2.11. The van der Waals surface area contributed by atoms with Gasteiger partial charge < -0.3 is 20.5 Å². The number of morpholine rings is 1. The van der Waals surface area contributed by atoms with Crippen molar-refractivity contribution in [3.05, 3.63) is 30.1 Å². The number of carbonyl (C=O) groups is 1. The van der Waals surface area contributed by atoms with Crippen LogP contribution in [0.5, 0.6) is 0 Å². The Morgan fingerprint density at radius 3 is 2.53 bits per heavy atom. The molecule has 1 aliphatic rings. The summed E-state index contributed by atoms with van der Waals surface area (Å²) in [5.74, 6) is -0.248. The fourth-order valence-corrected chi connectivity index (χ4v) is 1.90. The molecule has 2 rings (SSSR count). The second-order valence-electron chi connectivity index (χ2n) is 4.19. The molecule has 1 amide bonds. The Morgan fingerprint density at radius 1 is 1.37 bits per heavy atom. The Kier molecular flexibility index (Phi) is 5.88. The predicted molar refractivity (Wildman–Crippen MR) is 71.3 cm³/mol. The number of aliphatic hydroxyl groups excluding tert-OH is 1. The molecule has 2 atom stereocenters. The Morgan fingerprint density at radius 2 is 1.95 bits per heavy atom. The third-order valence-corrected chi connectivity index (χ3v) is 3.00. The summed E-state index contributed by atoms with van der Waals surface area (Å²) >= 11 is 0. The van der Waals surface area contributed by atoms with Gasteiger partial charge in [-0.2, -0.15) is 0 Å². The largest absolute Gasteiger partial charge is 0.386 e. The molecule has 1 aliphatic heterocycles. The molecular weight excluding hydrogens is 246 g/mol. The van der Waals surface area contributed by atoms with E-state index in [4.69, 9.17) is 10.5 Å². The van der Waals surface area contributed by atoms with Gasteiger partial charge >= 0.3 is 0 Å². The zero-order chi connectivity index (χ0) is 13.0. The van der Waals surface area contributed by atoms with Crippen molar-refractivity contribution in [2.75, 3.05) is 26.3 Å². The van der Waals surface area contributed by atoms with Gasteiger partial charge in [0.1, 0.15) is 12.1 Å². The van der Waals surface area contributed by atoms with Crippen LogP contribution in [0.3, 0.4) is 0 Å². The van der Waals surface area contributed by atoms with Gasteiger partial charge in [0.15, 0.2) is 0 Å². The van der Waals surface area contributed by atoms with Gasteiger partial charge in [-0.1, -0.05) is 7.43 Å². The summed E-state index contributed by atoms with van der Waals surface area (Å²) in [4.78, 5) is 17.6. The van der Waals surface area contributed by atoms with Crippen molar-refractivity contribution < 1.29 is 14.6 Å². The first-order valence-electron chi connectivity index (χ1n) is 5.90. The summed E-state index contributed by atoms with van der Waals surface area (Å²) < 4.78 is 5.17. The van der Waals surface area contributed by atoms with Crippen molar-refractivity contribution >= 4 is 5.91 Å². The zero-order valence-electron chi connectivity index (χ0n) is 10.0. The van der Waals surface area contributed by atoms with E-state index < -0.39 is 12.1 Å². The number of hydrogen-bond acceptors (Lipinski definition) is 5. The van der Waals surface area contributed by atoms with E-state index in [0.717, 1.165) is 0 Å². The molecule has 19 heavy (non-hydrogen) atoms. The number of pyridine rings is 1. The van der Waals surface area contributed by atoms with Crippen LogP contribution in [0.1, 0.15) is 19.1 Å². The maximum atomic E-state index is 12.1. The maximum absolute atomic E-state index is 12.1. The van der Waals surface area contributed by atoms with Crippen LogP contribution >= 0.6 is 0 Å². The first-order valence-corrected chi connectivity index (χ1v) is 5.90. The minimum Gasteiger partial charge on any atom is -0.386 e. The van der Waals surface area contributed by atoms with Crippen LogP contribution in [0.25, 0.3) is 0 Å². The second kappa shape index (κ2) is 7.18. The molecule has 6 nitrogen and oxygen atoms in total. The van der Waals surface area contributed by atoms with Gasteiger partial charge in [0.25, 0.3) is 0 Å². The number of nitrogens with zero attached hydrogens (tertiary/aromatic N) is 2. The zero-order valence-corrected chi connectivity index (χ0v) is 10.0. The molecule has 1 saturated heterocycles. The topological polar surface area (TPSA) is 88.7 Å². The smallest absolute Gasteiger partial charge is 0.242 e. The summed E-state index contributed by atoms with van der Waals surface area (Å²) in [6.45, 7) is 2.08.